The molecule has 3 heteroatoms. The SMILES string of the molecule is CC(C#Cc1ccccc1)OC(=O)Nc1ccccc1. The van der Waals surface area contributed by atoms with Crippen molar-refractivity contribution < 1.29 is 9.53 Å². The fourth-order valence-corrected chi connectivity index (χ4v) is 1.57. The summed E-state index contributed by atoms with van der Waals surface area (Å²) in [6, 6.07) is 18.7. The van der Waals surface area contributed by atoms with Crippen molar-refractivity contribution in [1.29, 1.82) is 0 Å². The smallest absolute Gasteiger partial charge is 0.412 e. The molecule has 1 atom stereocenters. The van der Waals surface area contributed by atoms with E-state index in [1.54, 1.807) is 19.1 Å². The van der Waals surface area contributed by atoms with E-state index < -0.39 is 12.2 Å². The van der Waals surface area contributed by atoms with Crippen molar-refractivity contribution in [2.24, 2.45) is 0 Å². The van der Waals surface area contributed by atoms with E-state index in [1.807, 2.05) is 48.5 Å². The molecule has 3 nitrogen and oxygen atoms in total. The molecule has 0 fully saturated rings. The Morgan fingerprint density at radius 3 is 2.30 bits per heavy atom. The first kappa shape index (κ1) is 13.7. The van der Waals surface area contributed by atoms with Crippen LogP contribution in [0.3, 0.4) is 0 Å². The van der Waals surface area contributed by atoms with Crippen LogP contribution in [0.25, 0.3) is 0 Å². The lowest BCUT2D eigenvalue weighted by Crippen LogP contribution is -2.19. The topological polar surface area (TPSA) is 38.3 Å². The molecule has 0 spiro atoms. The first-order valence-electron chi connectivity index (χ1n) is 6.33. The molecule has 0 saturated heterocycles. The average molecular weight is 265 g/mol. The molecule has 20 heavy (non-hydrogen) atoms. The standard InChI is InChI=1S/C17H15NO2/c1-14(12-13-15-8-4-2-5-9-15)20-17(19)18-16-10-6-3-7-11-16/h2-11,14H,1H3,(H,18,19). The summed E-state index contributed by atoms with van der Waals surface area (Å²) in [6.07, 6.45) is -0.981. The highest BCUT2D eigenvalue weighted by molar-refractivity contribution is 5.84. The van der Waals surface area contributed by atoms with Gasteiger partial charge in [-0.1, -0.05) is 48.2 Å². The maximum Gasteiger partial charge on any atom is 0.412 e. The number of rotatable bonds is 2. The van der Waals surface area contributed by atoms with Crippen LogP contribution < -0.4 is 5.32 Å². The van der Waals surface area contributed by atoms with Crippen LogP contribution in [0.1, 0.15) is 12.5 Å². The van der Waals surface area contributed by atoms with E-state index in [2.05, 4.69) is 17.2 Å². The Balaban J connectivity index is 1.87. The van der Waals surface area contributed by atoms with Gasteiger partial charge >= 0.3 is 6.09 Å². The molecule has 1 unspecified atom stereocenters. The Labute approximate surface area is 118 Å². The number of ether oxygens (including phenoxy) is 1. The highest BCUT2D eigenvalue weighted by Gasteiger charge is 2.06. The van der Waals surface area contributed by atoms with Gasteiger partial charge in [0, 0.05) is 11.3 Å². The second kappa shape index (κ2) is 7.01. The van der Waals surface area contributed by atoms with Gasteiger partial charge in [0.2, 0.25) is 0 Å². The number of amides is 1. The van der Waals surface area contributed by atoms with Crippen molar-refractivity contribution in [3.63, 3.8) is 0 Å². The number of hydrogen-bond donors (Lipinski definition) is 1. The summed E-state index contributed by atoms with van der Waals surface area (Å²) in [5.41, 5.74) is 1.59. The third-order valence-corrected chi connectivity index (χ3v) is 2.50. The maximum atomic E-state index is 11.6. The molecule has 0 aliphatic heterocycles. The second-order valence-corrected chi connectivity index (χ2v) is 4.17. The molecule has 0 bridgehead atoms. The summed E-state index contributed by atoms with van der Waals surface area (Å²) in [6.45, 7) is 1.74. The minimum absolute atomic E-state index is 0.473. The van der Waals surface area contributed by atoms with Crippen molar-refractivity contribution in [2.75, 3.05) is 5.32 Å². The van der Waals surface area contributed by atoms with Crippen LogP contribution in [-0.2, 0) is 4.74 Å². The number of carbonyl (C=O) groups is 1. The molecule has 1 amide bonds. The zero-order valence-corrected chi connectivity index (χ0v) is 11.2. The van der Waals surface area contributed by atoms with E-state index in [0.717, 1.165) is 5.56 Å². The van der Waals surface area contributed by atoms with Gasteiger partial charge in [-0.3, -0.25) is 5.32 Å². The number of anilines is 1. The molecule has 0 radical (unpaired) electrons. The molecule has 100 valence electrons. The van der Waals surface area contributed by atoms with E-state index >= 15 is 0 Å². The van der Waals surface area contributed by atoms with Crippen molar-refractivity contribution in [2.45, 2.75) is 13.0 Å². The van der Waals surface area contributed by atoms with Crippen molar-refractivity contribution in [3.05, 3.63) is 66.2 Å². The molecule has 0 heterocycles. The number of nitrogens with one attached hydrogen (secondary N) is 1. The summed E-state index contributed by atoms with van der Waals surface area (Å²) in [4.78, 5) is 11.6. The first-order chi connectivity index (χ1) is 9.74. The molecule has 0 saturated carbocycles. The van der Waals surface area contributed by atoms with Gasteiger partial charge in [-0.15, -0.1) is 0 Å². The van der Waals surface area contributed by atoms with Gasteiger partial charge in [-0.2, -0.15) is 0 Å². The Kier molecular flexibility index (Phi) is 4.80. The van der Waals surface area contributed by atoms with Crippen molar-refractivity contribution in [1.82, 2.24) is 0 Å². The largest absolute Gasteiger partial charge is 0.433 e. The molecule has 0 aromatic heterocycles. The van der Waals surface area contributed by atoms with Gasteiger partial charge in [-0.25, -0.2) is 4.79 Å². The quantitative estimate of drug-likeness (QED) is 0.841. The lowest BCUT2D eigenvalue weighted by atomic mass is 10.2. The van der Waals surface area contributed by atoms with Gasteiger partial charge in [0.25, 0.3) is 0 Å². The first-order valence-corrected chi connectivity index (χ1v) is 6.33. The normalized spacial score (nSPS) is 10.8. The summed E-state index contributed by atoms with van der Waals surface area (Å²) in [7, 11) is 0. The summed E-state index contributed by atoms with van der Waals surface area (Å²) >= 11 is 0. The maximum absolute atomic E-state index is 11.6. The van der Waals surface area contributed by atoms with Crippen LogP contribution in [-0.4, -0.2) is 12.2 Å². The Bertz CT molecular complexity index is 612. The monoisotopic (exact) mass is 265 g/mol. The van der Waals surface area contributed by atoms with E-state index in [4.69, 9.17) is 4.74 Å². The van der Waals surface area contributed by atoms with Crippen LogP contribution in [0.5, 0.6) is 0 Å². The molecular weight excluding hydrogens is 250 g/mol. The molecule has 0 aliphatic carbocycles. The number of hydrogen-bond acceptors (Lipinski definition) is 2. The number of carbonyl (C=O) groups excluding carboxylic acids is 1. The van der Waals surface area contributed by atoms with Crippen LogP contribution >= 0.6 is 0 Å². The highest BCUT2D eigenvalue weighted by atomic mass is 16.6. The van der Waals surface area contributed by atoms with Crippen LogP contribution in [0.4, 0.5) is 10.5 Å². The molecule has 0 aliphatic rings. The predicted molar refractivity (Wildman–Crippen MR) is 79.3 cm³/mol. The van der Waals surface area contributed by atoms with E-state index in [-0.39, 0.29) is 0 Å². The van der Waals surface area contributed by atoms with E-state index in [9.17, 15) is 4.79 Å². The zero-order chi connectivity index (χ0) is 14.2. The minimum Gasteiger partial charge on any atom is -0.433 e. The Hall–Kier alpha value is -2.73. The number of benzene rings is 2. The van der Waals surface area contributed by atoms with Crippen molar-refractivity contribution >= 4 is 11.8 Å². The van der Waals surface area contributed by atoms with Gasteiger partial charge in [0.15, 0.2) is 6.10 Å². The van der Waals surface area contributed by atoms with E-state index in [1.165, 1.54) is 0 Å². The van der Waals surface area contributed by atoms with Crippen LogP contribution in [0.15, 0.2) is 60.7 Å². The highest BCUT2D eigenvalue weighted by Crippen LogP contribution is 2.06. The fourth-order valence-electron chi connectivity index (χ4n) is 1.57. The van der Waals surface area contributed by atoms with Gasteiger partial charge in [0.1, 0.15) is 0 Å². The summed E-state index contributed by atoms with van der Waals surface area (Å²) in [5.74, 6) is 5.84. The zero-order valence-electron chi connectivity index (χ0n) is 11.2. The van der Waals surface area contributed by atoms with E-state index in [0.29, 0.717) is 5.69 Å². The van der Waals surface area contributed by atoms with Crippen LogP contribution in [0, 0.1) is 11.8 Å². The predicted octanol–water partition coefficient (Wildman–Crippen LogP) is 3.68. The summed E-state index contributed by atoms with van der Waals surface area (Å²) in [5, 5.41) is 2.64. The Morgan fingerprint density at radius 2 is 1.65 bits per heavy atom. The molecule has 2 rings (SSSR count). The third kappa shape index (κ3) is 4.51. The molecule has 2 aromatic rings. The summed E-state index contributed by atoms with van der Waals surface area (Å²) < 4.78 is 5.15. The van der Waals surface area contributed by atoms with Crippen molar-refractivity contribution in [3.8, 4) is 11.8 Å². The molecular formula is C17H15NO2. The van der Waals surface area contributed by atoms with Gasteiger partial charge in [-0.05, 0) is 31.2 Å². The van der Waals surface area contributed by atoms with Crippen LogP contribution in [0.2, 0.25) is 0 Å². The molecule has 2 aromatic carbocycles. The fraction of sp³-hybridized carbons (Fsp3) is 0.118. The lowest BCUT2D eigenvalue weighted by molar-refractivity contribution is 0.145. The van der Waals surface area contributed by atoms with Gasteiger partial charge < -0.3 is 4.74 Å². The minimum atomic E-state index is -0.508. The number of para-hydroxylation sites is 1. The average Bonchev–Trinajstić information content (AvgIpc) is 2.47. The third-order valence-electron chi connectivity index (χ3n) is 2.50. The molecule has 1 N–H and O–H groups in total. The Morgan fingerprint density at radius 1 is 1.05 bits per heavy atom. The van der Waals surface area contributed by atoms with Gasteiger partial charge in [0.05, 0.1) is 0 Å². The lowest BCUT2D eigenvalue weighted by Gasteiger charge is -2.08. The second-order valence-electron chi connectivity index (χ2n) is 4.17.